The van der Waals surface area contributed by atoms with Crippen LogP contribution in [0.4, 0.5) is 14.9 Å². The summed E-state index contributed by atoms with van der Waals surface area (Å²) >= 11 is 3.20. The van der Waals surface area contributed by atoms with Crippen molar-refractivity contribution in [3.05, 3.63) is 63.9 Å². The Balaban J connectivity index is 1.58. The van der Waals surface area contributed by atoms with E-state index in [1.54, 1.807) is 15.9 Å². The van der Waals surface area contributed by atoms with Gasteiger partial charge in [0, 0.05) is 41.9 Å². The minimum atomic E-state index is -0.459. The number of urea groups is 1. The van der Waals surface area contributed by atoms with Crippen molar-refractivity contribution < 1.29 is 14.0 Å². The first kappa shape index (κ1) is 18.4. The average molecular weight is 420 g/mol. The topological polar surface area (TPSA) is 52.7 Å². The third-order valence-electron chi connectivity index (χ3n) is 4.23. The van der Waals surface area contributed by atoms with Crippen molar-refractivity contribution in [3.8, 4) is 0 Å². The van der Waals surface area contributed by atoms with Crippen LogP contribution in [0.15, 0.2) is 46.9 Å². The maximum atomic E-state index is 13.5. The van der Waals surface area contributed by atoms with Crippen LogP contribution in [0.1, 0.15) is 15.9 Å². The molecule has 1 N–H and O–H groups in total. The van der Waals surface area contributed by atoms with Crippen LogP contribution in [0.3, 0.4) is 0 Å². The van der Waals surface area contributed by atoms with E-state index >= 15 is 0 Å². The molecule has 0 unspecified atom stereocenters. The first-order valence-corrected chi connectivity index (χ1v) is 9.09. The summed E-state index contributed by atoms with van der Waals surface area (Å²) < 4.78 is 14.0. The zero-order valence-corrected chi connectivity index (χ0v) is 15.9. The largest absolute Gasteiger partial charge is 0.335 e. The zero-order valence-electron chi connectivity index (χ0n) is 14.3. The quantitative estimate of drug-likeness (QED) is 0.802. The molecule has 0 aliphatic carbocycles. The van der Waals surface area contributed by atoms with E-state index in [0.717, 1.165) is 11.3 Å². The maximum Gasteiger partial charge on any atom is 0.321 e. The van der Waals surface area contributed by atoms with Crippen LogP contribution in [-0.4, -0.2) is 47.9 Å². The Morgan fingerprint density at radius 2 is 1.73 bits per heavy atom. The first-order valence-electron chi connectivity index (χ1n) is 8.30. The molecule has 3 rings (SSSR count). The molecule has 0 atom stereocenters. The minimum Gasteiger partial charge on any atom is -0.335 e. The number of aryl methyl sites for hydroxylation is 1. The summed E-state index contributed by atoms with van der Waals surface area (Å²) in [4.78, 5) is 28.2. The van der Waals surface area contributed by atoms with Gasteiger partial charge in [0.25, 0.3) is 5.91 Å². The molecule has 2 aromatic rings. The second-order valence-electron chi connectivity index (χ2n) is 6.24. The Hall–Kier alpha value is -2.41. The molecular formula is C19H19BrFN3O2. The highest BCUT2D eigenvalue weighted by molar-refractivity contribution is 9.10. The van der Waals surface area contributed by atoms with E-state index in [1.165, 1.54) is 12.1 Å². The molecule has 136 valence electrons. The van der Waals surface area contributed by atoms with E-state index in [1.807, 2.05) is 31.2 Å². The summed E-state index contributed by atoms with van der Waals surface area (Å²) in [6, 6.07) is 11.5. The fourth-order valence-corrected chi connectivity index (χ4v) is 3.36. The molecule has 7 heteroatoms. The van der Waals surface area contributed by atoms with Crippen LogP contribution in [0.2, 0.25) is 0 Å². The molecule has 0 aromatic heterocycles. The lowest BCUT2D eigenvalue weighted by atomic mass is 10.1. The third kappa shape index (κ3) is 4.40. The number of carbonyl (C=O) groups excluding carboxylic acids is 2. The maximum absolute atomic E-state index is 13.5. The number of benzene rings is 2. The van der Waals surface area contributed by atoms with Crippen molar-refractivity contribution in [2.24, 2.45) is 0 Å². The van der Waals surface area contributed by atoms with Gasteiger partial charge in [0.05, 0.1) is 0 Å². The van der Waals surface area contributed by atoms with E-state index in [2.05, 4.69) is 21.2 Å². The van der Waals surface area contributed by atoms with Crippen molar-refractivity contribution in [1.82, 2.24) is 9.80 Å². The van der Waals surface area contributed by atoms with Gasteiger partial charge in [0.2, 0.25) is 0 Å². The van der Waals surface area contributed by atoms with Crippen LogP contribution in [-0.2, 0) is 0 Å². The number of nitrogens with zero attached hydrogens (tertiary/aromatic N) is 2. The van der Waals surface area contributed by atoms with Gasteiger partial charge in [-0.25, -0.2) is 9.18 Å². The van der Waals surface area contributed by atoms with Crippen LogP contribution < -0.4 is 5.32 Å². The predicted molar refractivity (Wildman–Crippen MR) is 102 cm³/mol. The molecule has 1 fully saturated rings. The predicted octanol–water partition coefficient (Wildman–Crippen LogP) is 3.89. The summed E-state index contributed by atoms with van der Waals surface area (Å²) in [5.41, 5.74) is 2.12. The van der Waals surface area contributed by atoms with Crippen LogP contribution >= 0.6 is 15.9 Å². The molecule has 0 saturated carbocycles. The Labute approximate surface area is 159 Å². The van der Waals surface area contributed by atoms with E-state index in [9.17, 15) is 14.0 Å². The summed E-state index contributed by atoms with van der Waals surface area (Å²) in [5, 5.41) is 2.87. The van der Waals surface area contributed by atoms with Gasteiger partial charge in [-0.05, 0) is 42.8 Å². The van der Waals surface area contributed by atoms with Gasteiger partial charge in [0.15, 0.2) is 0 Å². The molecule has 5 nitrogen and oxygen atoms in total. The molecule has 0 radical (unpaired) electrons. The molecule has 2 aromatic carbocycles. The van der Waals surface area contributed by atoms with Crippen LogP contribution in [0.5, 0.6) is 0 Å². The normalized spacial score (nSPS) is 14.3. The highest BCUT2D eigenvalue weighted by atomic mass is 79.9. The molecule has 3 amide bonds. The highest BCUT2D eigenvalue weighted by Gasteiger charge is 2.25. The first-order chi connectivity index (χ1) is 12.4. The third-order valence-corrected chi connectivity index (χ3v) is 4.69. The molecule has 1 aliphatic rings. The lowest BCUT2D eigenvalue weighted by Crippen LogP contribution is -2.51. The highest BCUT2D eigenvalue weighted by Crippen LogP contribution is 2.18. The molecule has 26 heavy (non-hydrogen) atoms. The molecule has 1 heterocycles. The number of piperazine rings is 1. The lowest BCUT2D eigenvalue weighted by Gasteiger charge is -2.34. The second-order valence-corrected chi connectivity index (χ2v) is 7.15. The summed E-state index contributed by atoms with van der Waals surface area (Å²) in [5.74, 6) is -0.692. The number of halogens is 2. The Bertz CT molecular complexity index is 815. The fourth-order valence-electron chi connectivity index (χ4n) is 2.90. The number of hydrogen-bond donors (Lipinski definition) is 1. The summed E-state index contributed by atoms with van der Waals surface area (Å²) in [6.45, 7) is 3.65. The Morgan fingerprint density at radius 3 is 2.38 bits per heavy atom. The molecule has 1 aliphatic heterocycles. The Morgan fingerprint density at radius 1 is 1.04 bits per heavy atom. The lowest BCUT2D eigenvalue weighted by molar-refractivity contribution is 0.0671. The second kappa shape index (κ2) is 7.86. The zero-order chi connectivity index (χ0) is 18.7. The average Bonchev–Trinajstić information content (AvgIpc) is 2.60. The van der Waals surface area contributed by atoms with Crippen LogP contribution in [0.25, 0.3) is 0 Å². The number of amides is 3. The molecule has 0 spiro atoms. The Kier molecular flexibility index (Phi) is 5.56. The number of rotatable bonds is 2. The van der Waals surface area contributed by atoms with Crippen molar-refractivity contribution in [2.45, 2.75) is 6.92 Å². The smallest absolute Gasteiger partial charge is 0.321 e. The van der Waals surface area contributed by atoms with Crippen molar-refractivity contribution in [1.29, 1.82) is 0 Å². The standard InChI is InChI=1S/C19H19BrFN3O2/c1-13-3-2-4-17(9-13)22-19(26)24-7-5-23(6-8-24)18(25)14-10-15(20)12-16(21)11-14/h2-4,9-12H,5-8H2,1H3,(H,22,26). The molecular weight excluding hydrogens is 401 g/mol. The van der Waals surface area contributed by atoms with E-state index < -0.39 is 5.82 Å². The van der Waals surface area contributed by atoms with Gasteiger partial charge < -0.3 is 15.1 Å². The van der Waals surface area contributed by atoms with Gasteiger partial charge in [-0.15, -0.1) is 0 Å². The number of nitrogens with one attached hydrogen (secondary N) is 1. The summed E-state index contributed by atoms with van der Waals surface area (Å²) in [7, 11) is 0. The van der Waals surface area contributed by atoms with Crippen molar-refractivity contribution in [3.63, 3.8) is 0 Å². The van der Waals surface area contributed by atoms with Crippen molar-refractivity contribution in [2.75, 3.05) is 31.5 Å². The van der Waals surface area contributed by atoms with Gasteiger partial charge in [-0.3, -0.25) is 4.79 Å². The monoisotopic (exact) mass is 419 g/mol. The van der Waals surface area contributed by atoms with Crippen molar-refractivity contribution >= 4 is 33.6 Å². The number of hydrogen-bond acceptors (Lipinski definition) is 2. The van der Waals surface area contributed by atoms with Gasteiger partial charge in [-0.2, -0.15) is 0 Å². The van der Waals surface area contributed by atoms with E-state index in [0.29, 0.717) is 36.2 Å². The van der Waals surface area contributed by atoms with Gasteiger partial charge >= 0.3 is 6.03 Å². The van der Waals surface area contributed by atoms with Crippen LogP contribution in [0, 0.1) is 12.7 Å². The SMILES string of the molecule is Cc1cccc(NC(=O)N2CCN(C(=O)c3cc(F)cc(Br)c3)CC2)c1. The summed E-state index contributed by atoms with van der Waals surface area (Å²) in [6.07, 6.45) is 0. The molecule has 0 bridgehead atoms. The minimum absolute atomic E-state index is 0.184. The molecule has 1 saturated heterocycles. The van der Waals surface area contributed by atoms with E-state index in [4.69, 9.17) is 0 Å². The number of carbonyl (C=O) groups is 2. The fraction of sp³-hybridized carbons (Fsp3) is 0.263. The number of anilines is 1. The van der Waals surface area contributed by atoms with E-state index in [-0.39, 0.29) is 11.9 Å². The van der Waals surface area contributed by atoms with Gasteiger partial charge in [0.1, 0.15) is 5.82 Å². The van der Waals surface area contributed by atoms with Gasteiger partial charge in [-0.1, -0.05) is 28.1 Å².